The number of carboxylic acid groups (broad SMARTS) is 2. The Morgan fingerprint density at radius 3 is 2.48 bits per heavy atom. The monoisotopic (exact) mass is 428 g/mol. The average Bonchev–Trinajstić information content (AvgIpc) is 3.06. The lowest BCUT2D eigenvalue weighted by molar-refractivity contribution is -0.139. The highest BCUT2D eigenvalue weighted by molar-refractivity contribution is 5.85. The van der Waals surface area contributed by atoms with E-state index in [1.54, 1.807) is 12.1 Å². The molecule has 2 atom stereocenters. The summed E-state index contributed by atoms with van der Waals surface area (Å²) in [6.07, 6.45) is -0.754. The molecule has 2 aromatic rings. The number of fused-ring (bicyclic) bond motifs is 3. The van der Waals surface area contributed by atoms with Crippen molar-refractivity contribution >= 4 is 18.2 Å². The normalized spacial score (nSPS) is 14.8. The van der Waals surface area contributed by atoms with E-state index in [2.05, 4.69) is 5.32 Å². The van der Waals surface area contributed by atoms with Crippen LogP contribution in [0, 0.1) is 0 Å². The molecule has 5 N–H and O–H groups in total. The van der Waals surface area contributed by atoms with E-state index in [-0.39, 0.29) is 24.7 Å². The van der Waals surface area contributed by atoms with Crippen LogP contribution in [0.5, 0.6) is 5.75 Å². The quantitative estimate of drug-likeness (QED) is 0.270. The maximum Gasteiger partial charge on any atom is 0.511 e. The van der Waals surface area contributed by atoms with E-state index in [1.165, 1.54) is 0 Å². The van der Waals surface area contributed by atoms with Crippen molar-refractivity contribution in [3.63, 3.8) is 0 Å². The number of amides is 1. The Morgan fingerprint density at radius 2 is 1.77 bits per heavy atom. The average molecular weight is 428 g/mol. The highest BCUT2D eigenvalue weighted by Crippen LogP contribution is 2.49. The minimum absolute atomic E-state index is 0.0402. The highest BCUT2D eigenvalue weighted by Gasteiger charge is 2.32. The van der Waals surface area contributed by atoms with Crippen molar-refractivity contribution in [2.75, 3.05) is 13.2 Å². The Bertz CT molecular complexity index is 976. The van der Waals surface area contributed by atoms with Crippen LogP contribution in [0.3, 0.4) is 0 Å². The van der Waals surface area contributed by atoms with Crippen molar-refractivity contribution in [1.29, 1.82) is 0 Å². The van der Waals surface area contributed by atoms with E-state index in [0.29, 0.717) is 24.9 Å². The van der Waals surface area contributed by atoms with Crippen molar-refractivity contribution in [1.82, 2.24) is 5.32 Å². The van der Waals surface area contributed by atoms with Crippen LogP contribution in [0.25, 0.3) is 11.1 Å². The van der Waals surface area contributed by atoms with Gasteiger partial charge in [0, 0.05) is 11.5 Å². The molecule has 2 aromatic carbocycles. The largest absolute Gasteiger partial charge is 0.511 e. The van der Waals surface area contributed by atoms with E-state index in [0.717, 1.165) is 16.7 Å². The van der Waals surface area contributed by atoms with E-state index in [1.807, 2.05) is 30.3 Å². The Morgan fingerprint density at radius 1 is 1.03 bits per heavy atom. The van der Waals surface area contributed by atoms with Gasteiger partial charge in [-0.15, -0.1) is 0 Å². The fraction of sp³-hybridized carbons (Fsp3) is 0.318. The third kappa shape index (κ3) is 5.13. The van der Waals surface area contributed by atoms with Crippen LogP contribution >= 0.6 is 0 Å². The maximum absolute atomic E-state index is 12.3. The molecule has 0 bridgehead atoms. The van der Waals surface area contributed by atoms with Gasteiger partial charge in [0.25, 0.3) is 0 Å². The number of alkyl carbamates (subject to hydrolysis) is 1. The number of benzene rings is 2. The number of nitrogens with two attached hydrogens (primary N) is 1. The number of aliphatic carboxylic acids is 1. The summed E-state index contributed by atoms with van der Waals surface area (Å²) in [6, 6.07) is 11.4. The Hall–Kier alpha value is -3.59. The highest BCUT2D eigenvalue weighted by atomic mass is 16.7. The number of carboxylic acids is 1. The minimum atomic E-state index is -1.42. The number of unbranched alkanes of at least 4 members (excludes halogenated alkanes) is 1. The molecule has 0 heterocycles. The van der Waals surface area contributed by atoms with E-state index in [9.17, 15) is 19.5 Å². The van der Waals surface area contributed by atoms with Crippen LogP contribution in [0.2, 0.25) is 0 Å². The molecule has 0 fully saturated rings. The molecule has 1 aliphatic rings. The van der Waals surface area contributed by atoms with Gasteiger partial charge in [-0.1, -0.05) is 36.4 Å². The van der Waals surface area contributed by atoms with Crippen LogP contribution in [-0.2, 0) is 9.53 Å². The summed E-state index contributed by atoms with van der Waals surface area (Å²) in [4.78, 5) is 34.7. The van der Waals surface area contributed by atoms with Crippen molar-refractivity contribution in [2.24, 2.45) is 5.73 Å². The number of ether oxygens (including phenoxy) is 2. The molecule has 3 rings (SSSR count). The summed E-state index contributed by atoms with van der Waals surface area (Å²) in [5, 5.41) is 20.7. The Kier molecular flexibility index (Phi) is 7.09. The summed E-state index contributed by atoms with van der Waals surface area (Å²) in [5.74, 6) is -1.27. The van der Waals surface area contributed by atoms with Crippen molar-refractivity contribution < 1.29 is 34.1 Å². The summed E-state index contributed by atoms with van der Waals surface area (Å²) in [6.45, 7) is 0.409. The molecule has 0 saturated carbocycles. The van der Waals surface area contributed by atoms with Gasteiger partial charge in [0.2, 0.25) is 0 Å². The zero-order chi connectivity index (χ0) is 22.4. The van der Waals surface area contributed by atoms with Gasteiger partial charge in [-0.3, -0.25) is 0 Å². The lowest BCUT2D eigenvalue weighted by Crippen LogP contribution is -2.41. The molecule has 9 nitrogen and oxygen atoms in total. The predicted octanol–water partition coefficient (Wildman–Crippen LogP) is 3.16. The Balaban J connectivity index is 1.75. The number of rotatable bonds is 9. The minimum Gasteiger partial charge on any atom is -0.480 e. The molecule has 0 saturated heterocycles. The first-order chi connectivity index (χ1) is 14.9. The van der Waals surface area contributed by atoms with E-state index < -0.39 is 24.3 Å². The second kappa shape index (κ2) is 9.94. The third-order valence-corrected chi connectivity index (χ3v) is 5.15. The lowest BCUT2D eigenvalue weighted by atomic mass is 9.98. The first-order valence-electron chi connectivity index (χ1n) is 9.91. The summed E-state index contributed by atoms with van der Waals surface area (Å²) >= 11 is 0. The smallest absolute Gasteiger partial charge is 0.480 e. The summed E-state index contributed by atoms with van der Waals surface area (Å²) in [5.41, 5.74) is 8.50. The van der Waals surface area contributed by atoms with Gasteiger partial charge in [-0.05, 0) is 48.6 Å². The molecular formula is C22H24N2O7. The number of hydrogen-bond donors (Lipinski definition) is 4. The fourth-order valence-corrected chi connectivity index (χ4v) is 3.77. The van der Waals surface area contributed by atoms with Crippen molar-refractivity contribution in [3.05, 3.63) is 53.6 Å². The molecule has 1 unspecified atom stereocenters. The van der Waals surface area contributed by atoms with Crippen LogP contribution in [0.15, 0.2) is 42.5 Å². The molecule has 0 spiro atoms. The topological polar surface area (TPSA) is 148 Å². The molecular weight excluding hydrogens is 404 g/mol. The van der Waals surface area contributed by atoms with Crippen LogP contribution in [0.1, 0.15) is 36.3 Å². The third-order valence-electron chi connectivity index (χ3n) is 5.15. The van der Waals surface area contributed by atoms with Gasteiger partial charge in [-0.25, -0.2) is 14.4 Å². The van der Waals surface area contributed by atoms with Gasteiger partial charge < -0.3 is 30.7 Å². The maximum atomic E-state index is 12.3. The first-order valence-corrected chi connectivity index (χ1v) is 9.91. The van der Waals surface area contributed by atoms with E-state index >= 15 is 0 Å². The summed E-state index contributed by atoms with van der Waals surface area (Å²) < 4.78 is 10.3. The molecule has 9 heteroatoms. The SMILES string of the molecule is NCCCC[C@H](NC(=O)OCC1c2ccccc2-c2c(OC(=O)O)cccc21)C(=O)O. The molecule has 1 aliphatic carbocycles. The van der Waals surface area contributed by atoms with Gasteiger partial charge >= 0.3 is 18.2 Å². The van der Waals surface area contributed by atoms with E-state index in [4.69, 9.17) is 20.3 Å². The molecule has 0 radical (unpaired) electrons. The second-order valence-corrected chi connectivity index (χ2v) is 7.15. The molecule has 0 aliphatic heterocycles. The number of carbonyl (C=O) groups is 3. The van der Waals surface area contributed by atoms with Gasteiger partial charge in [0.1, 0.15) is 18.4 Å². The van der Waals surface area contributed by atoms with Gasteiger partial charge in [0.15, 0.2) is 0 Å². The number of hydrogen-bond acceptors (Lipinski definition) is 6. The predicted molar refractivity (Wildman–Crippen MR) is 111 cm³/mol. The molecule has 1 amide bonds. The number of nitrogens with one attached hydrogen (secondary N) is 1. The first kappa shape index (κ1) is 22.1. The van der Waals surface area contributed by atoms with Crippen LogP contribution in [0.4, 0.5) is 9.59 Å². The second-order valence-electron chi connectivity index (χ2n) is 7.15. The number of carbonyl (C=O) groups excluding carboxylic acids is 1. The molecule has 0 aromatic heterocycles. The zero-order valence-electron chi connectivity index (χ0n) is 16.7. The standard InChI is InChI=1S/C22H24N2O7/c23-11-4-3-9-17(20(25)26)24-21(27)30-12-16-13-6-1-2-7-14(13)19-15(16)8-5-10-18(19)31-22(28)29/h1-2,5-8,10,16-17H,3-4,9,11-12,23H2,(H,24,27)(H,25,26)(H,28,29)/t16?,17-/m0/s1. The van der Waals surface area contributed by atoms with Gasteiger partial charge in [-0.2, -0.15) is 0 Å². The summed E-state index contributed by atoms with van der Waals surface area (Å²) in [7, 11) is 0. The molecule has 164 valence electrons. The fourth-order valence-electron chi connectivity index (χ4n) is 3.77. The van der Waals surface area contributed by atoms with Gasteiger partial charge in [0.05, 0.1) is 0 Å². The Labute approximate surface area is 178 Å². The molecule has 31 heavy (non-hydrogen) atoms. The van der Waals surface area contributed by atoms with Crippen LogP contribution < -0.4 is 15.8 Å². The lowest BCUT2D eigenvalue weighted by Gasteiger charge is -2.17. The van der Waals surface area contributed by atoms with Crippen molar-refractivity contribution in [3.8, 4) is 16.9 Å². The zero-order valence-corrected chi connectivity index (χ0v) is 16.7. The van der Waals surface area contributed by atoms with Crippen molar-refractivity contribution in [2.45, 2.75) is 31.2 Å². The van der Waals surface area contributed by atoms with Crippen LogP contribution in [-0.4, -0.2) is 47.6 Å².